The van der Waals surface area contributed by atoms with Gasteiger partial charge in [-0.05, 0) is 11.0 Å². The number of rotatable bonds is 5. The van der Waals surface area contributed by atoms with E-state index in [4.69, 9.17) is 0 Å². The highest BCUT2D eigenvalue weighted by atomic mass is 16.3. The fourth-order valence-corrected chi connectivity index (χ4v) is 1.73. The van der Waals surface area contributed by atoms with Crippen LogP contribution in [0.3, 0.4) is 0 Å². The van der Waals surface area contributed by atoms with Gasteiger partial charge in [-0.1, -0.05) is 51.1 Å². The van der Waals surface area contributed by atoms with Gasteiger partial charge in [0, 0.05) is 19.4 Å². The first-order chi connectivity index (χ1) is 8.37. The zero-order valence-corrected chi connectivity index (χ0v) is 11.4. The molecule has 0 unspecified atom stereocenters. The average molecular weight is 249 g/mol. The van der Waals surface area contributed by atoms with E-state index in [9.17, 15) is 9.90 Å². The fraction of sp³-hybridized carbons (Fsp3) is 0.533. The average Bonchev–Trinajstić information content (AvgIpc) is 2.25. The van der Waals surface area contributed by atoms with Gasteiger partial charge in [-0.2, -0.15) is 0 Å². The summed E-state index contributed by atoms with van der Waals surface area (Å²) in [4.78, 5) is 11.6. The van der Waals surface area contributed by atoms with E-state index >= 15 is 0 Å². The van der Waals surface area contributed by atoms with Crippen LogP contribution in [0.15, 0.2) is 30.3 Å². The number of hydrogen-bond donors (Lipinski definition) is 2. The van der Waals surface area contributed by atoms with E-state index in [2.05, 4.69) is 5.32 Å². The van der Waals surface area contributed by atoms with E-state index in [1.54, 1.807) is 0 Å². The minimum absolute atomic E-state index is 0.00499. The summed E-state index contributed by atoms with van der Waals surface area (Å²) in [5.41, 5.74) is 1.06. The Morgan fingerprint density at radius 3 is 2.44 bits per heavy atom. The lowest BCUT2D eigenvalue weighted by Gasteiger charge is -2.18. The van der Waals surface area contributed by atoms with Crippen LogP contribution in [0, 0.1) is 5.41 Å². The van der Waals surface area contributed by atoms with Crippen molar-refractivity contribution in [1.82, 2.24) is 5.32 Å². The van der Waals surface area contributed by atoms with Crippen molar-refractivity contribution in [1.29, 1.82) is 0 Å². The second kappa shape index (κ2) is 6.55. The largest absolute Gasteiger partial charge is 0.391 e. The molecule has 0 radical (unpaired) electrons. The Hall–Kier alpha value is -1.35. The molecular weight excluding hydrogens is 226 g/mol. The van der Waals surface area contributed by atoms with E-state index in [1.165, 1.54) is 0 Å². The van der Waals surface area contributed by atoms with Crippen molar-refractivity contribution in [2.45, 2.75) is 39.7 Å². The predicted molar refractivity (Wildman–Crippen MR) is 73.2 cm³/mol. The second-order valence-corrected chi connectivity index (χ2v) is 5.89. The van der Waals surface area contributed by atoms with Crippen molar-refractivity contribution in [3.05, 3.63) is 35.9 Å². The van der Waals surface area contributed by atoms with Crippen LogP contribution in [0.5, 0.6) is 0 Å². The lowest BCUT2D eigenvalue weighted by atomic mass is 9.92. The second-order valence-electron chi connectivity index (χ2n) is 5.89. The third-order valence-electron chi connectivity index (χ3n) is 2.54. The molecule has 18 heavy (non-hydrogen) atoms. The Morgan fingerprint density at radius 2 is 1.89 bits per heavy atom. The molecule has 1 aromatic carbocycles. The SMILES string of the molecule is CC(C)(C)CC(=O)NC[C@H](O)Cc1ccccc1. The standard InChI is InChI=1S/C15H23NO2/c1-15(2,3)10-14(18)16-11-13(17)9-12-7-5-4-6-8-12/h4-8,13,17H,9-11H2,1-3H3,(H,16,18)/t13-/m1/s1. The minimum Gasteiger partial charge on any atom is -0.391 e. The van der Waals surface area contributed by atoms with Crippen molar-refractivity contribution < 1.29 is 9.90 Å². The third kappa shape index (κ3) is 6.40. The number of amides is 1. The van der Waals surface area contributed by atoms with Gasteiger partial charge in [0.05, 0.1) is 6.10 Å². The number of nitrogens with one attached hydrogen (secondary N) is 1. The minimum atomic E-state index is -0.531. The Kier molecular flexibility index (Phi) is 5.35. The van der Waals surface area contributed by atoms with E-state index in [1.807, 2.05) is 51.1 Å². The highest BCUT2D eigenvalue weighted by Gasteiger charge is 2.16. The molecule has 3 nitrogen and oxygen atoms in total. The smallest absolute Gasteiger partial charge is 0.220 e. The maximum absolute atomic E-state index is 11.6. The van der Waals surface area contributed by atoms with Crippen molar-refractivity contribution in [2.75, 3.05) is 6.54 Å². The van der Waals surface area contributed by atoms with Gasteiger partial charge in [-0.25, -0.2) is 0 Å². The van der Waals surface area contributed by atoms with Crippen LogP contribution >= 0.6 is 0 Å². The Bertz CT molecular complexity index is 368. The van der Waals surface area contributed by atoms with E-state index < -0.39 is 6.10 Å². The van der Waals surface area contributed by atoms with E-state index in [0.717, 1.165) is 5.56 Å². The molecule has 0 bridgehead atoms. The Labute approximate surface area is 109 Å². The molecule has 0 aromatic heterocycles. The molecule has 0 saturated carbocycles. The first-order valence-electron chi connectivity index (χ1n) is 6.35. The van der Waals surface area contributed by atoms with Gasteiger partial charge in [-0.15, -0.1) is 0 Å². The zero-order valence-electron chi connectivity index (χ0n) is 11.4. The molecular formula is C15H23NO2. The Balaban J connectivity index is 2.29. The third-order valence-corrected chi connectivity index (χ3v) is 2.54. The molecule has 100 valence electrons. The number of carbonyl (C=O) groups excluding carboxylic acids is 1. The van der Waals surface area contributed by atoms with Crippen LogP contribution in [0.1, 0.15) is 32.8 Å². The van der Waals surface area contributed by atoms with Crippen LogP contribution < -0.4 is 5.32 Å². The molecule has 0 fully saturated rings. The number of hydrogen-bond acceptors (Lipinski definition) is 2. The van der Waals surface area contributed by atoms with Crippen molar-refractivity contribution in [3.8, 4) is 0 Å². The summed E-state index contributed by atoms with van der Waals surface area (Å²) in [5, 5.41) is 12.6. The molecule has 1 atom stereocenters. The van der Waals surface area contributed by atoms with Gasteiger partial charge in [0.15, 0.2) is 0 Å². The summed E-state index contributed by atoms with van der Waals surface area (Å²) >= 11 is 0. The van der Waals surface area contributed by atoms with Gasteiger partial charge in [0.2, 0.25) is 5.91 Å². The first kappa shape index (κ1) is 14.7. The molecule has 0 heterocycles. The number of aliphatic hydroxyl groups excluding tert-OH is 1. The molecule has 0 aliphatic heterocycles. The molecule has 0 aliphatic rings. The van der Waals surface area contributed by atoms with E-state index in [0.29, 0.717) is 19.4 Å². The molecule has 3 heteroatoms. The van der Waals surface area contributed by atoms with Crippen LogP contribution in [0.2, 0.25) is 0 Å². The maximum Gasteiger partial charge on any atom is 0.220 e. The molecule has 1 aromatic rings. The van der Waals surface area contributed by atoms with Gasteiger partial charge >= 0.3 is 0 Å². The number of carbonyl (C=O) groups is 1. The fourth-order valence-electron chi connectivity index (χ4n) is 1.73. The summed E-state index contributed by atoms with van der Waals surface area (Å²) in [6.07, 6.45) is 0.512. The molecule has 0 spiro atoms. The normalized spacial score (nSPS) is 13.1. The maximum atomic E-state index is 11.6. The van der Waals surface area contributed by atoms with Crippen LogP contribution in [-0.2, 0) is 11.2 Å². The molecule has 1 rings (SSSR count). The summed E-state index contributed by atoms with van der Waals surface area (Å²) in [6.45, 7) is 6.37. The molecule has 0 aliphatic carbocycles. The first-order valence-corrected chi connectivity index (χ1v) is 6.35. The van der Waals surface area contributed by atoms with Crippen LogP contribution in [0.25, 0.3) is 0 Å². The van der Waals surface area contributed by atoms with E-state index in [-0.39, 0.29) is 11.3 Å². The van der Waals surface area contributed by atoms with Crippen LogP contribution in [0.4, 0.5) is 0 Å². The predicted octanol–water partition coefficient (Wildman–Crippen LogP) is 2.14. The van der Waals surface area contributed by atoms with Crippen LogP contribution in [-0.4, -0.2) is 23.7 Å². The molecule has 1 amide bonds. The van der Waals surface area contributed by atoms with Crippen molar-refractivity contribution >= 4 is 5.91 Å². The van der Waals surface area contributed by atoms with Gasteiger partial charge in [-0.3, -0.25) is 4.79 Å². The highest BCUT2D eigenvalue weighted by molar-refractivity contribution is 5.76. The number of aliphatic hydroxyl groups is 1. The quantitative estimate of drug-likeness (QED) is 0.840. The van der Waals surface area contributed by atoms with Gasteiger partial charge in [0.1, 0.15) is 0 Å². The monoisotopic (exact) mass is 249 g/mol. The summed E-state index contributed by atoms with van der Waals surface area (Å²) in [5.74, 6) is -0.00499. The summed E-state index contributed by atoms with van der Waals surface area (Å²) in [7, 11) is 0. The number of benzene rings is 1. The highest BCUT2D eigenvalue weighted by Crippen LogP contribution is 2.17. The molecule has 0 saturated heterocycles. The lowest BCUT2D eigenvalue weighted by molar-refractivity contribution is -0.123. The van der Waals surface area contributed by atoms with Crippen molar-refractivity contribution in [2.24, 2.45) is 5.41 Å². The van der Waals surface area contributed by atoms with Gasteiger partial charge < -0.3 is 10.4 Å². The molecule has 2 N–H and O–H groups in total. The van der Waals surface area contributed by atoms with Gasteiger partial charge in [0.25, 0.3) is 0 Å². The van der Waals surface area contributed by atoms with Crippen molar-refractivity contribution in [3.63, 3.8) is 0 Å². The Morgan fingerprint density at radius 1 is 1.28 bits per heavy atom. The lowest BCUT2D eigenvalue weighted by Crippen LogP contribution is -2.35. The topological polar surface area (TPSA) is 49.3 Å². The summed E-state index contributed by atoms with van der Waals surface area (Å²) < 4.78 is 0. The summed E-state index contributed by atoms with van der Waals surface area (Å²) in [6, 6.07) is 9.78. The zero-order chi connectivity index (χ0) is 13.6.